The molecule has 3 heteroatoms. The predicted molar refractivity (Wildman–Crippen MR) is 67.9 cm³/mol. The molecule has 0 aliphatic rings. The maximum absolute atomic E-state index is 5.11. The highest BCUT2D eigenvalue weighted by Gasteiger charge is 1.94. The molecule has 0 bridgehead atoms. The van der Waals surface area contributed by atoms with Gasteiger partial charge in [-0.15, -0.1) is 0 Å². The first-order valence-electron chi connectivity index (χ1n) is 5.85. The minimum atomic E-state index is 0.915. The van der Waals surface area contributed by atoms with Crippen molar-refractivity contribution in [3.8, 4) is 5.75 Å². The Labute approximate surface area is 98.2 Å². The normalized spacial score (nSPS) is 10.4. The van der Waals surface area contributed by atoms with E-state index in [0.29, 0.717) is 0 Å². The van der Waals surface area contributed by atoms with E-state index in [9.17, 15) is 0 Å². The molecule has 16 heavy (non-hydrogen) atoms. The van der Waals surface area contributed by atoms with Gasteiger partial charge in [0.05, 0.1) is 7.11 Å². The number of unbranched alkanes of at least 4 members (excludes halogenated alkanes) is 1. The van der Waals surface area contributed by atoms with E-state index in [1.807, 2.05) is 19.2 Å². The van der Waals surface area contributed by atoms with Gasteiger partial charge < -0.3 is 15.4 Å². The summed E-state index contributed by atoms with van der Waals surface area (Å²) in [4.78, 5) is 0. The summed E-state index contributed by atoms with van der Waals surface area (Å²) in [6, 6.07) is 8.19. The van der Waals surface area contributed by atoms with Gasteiger partial charge in [-0.1, -0.05) is 12.1 Å². The van der Waals surface area contributed by atoms with E-state index in [1.54, 1.807) is 7.11 Å². The SMILES string of the molecule is CNCCCCNCc1ccc(OC)cc1. The van der Waals surface area contributed by atoms with E-state index in [0.717, 1.165) is 25.4 Å². The smallest absolute Gasteiger partial charge is 0.118 e. The number of methoxy groups -OCH3 is 1. The fraction of sp³-hybridized carbons (Fsp3) is 0.538. The molecule has 0 spiro atoms. The zero-order valence-electron chi connectivity index (χ0n) is 10.3. The van der Waals surface area contributed by atoms with Crippen molar-refractivity contribution in [3.63, 3.8) is 0 Å². The molecule has 0 saturated carbocycles. The van der Waals surface area contributed by atoms with Gasteiger partial charge in [-0.25, -0.2) is 0 Å². The van der Waals surface area contributed by atoms with E-state index in [1.165, 1.54) is 18.4 Å². The standard InChI is InChI=1S/C13H22N2O/c1-14-9-3-4-10-15-11-12-5-7-13(16-2)8-6-12/h5-8,14-15H,3-4,9-11H2,1-2H3. The minimum absolute atomic E-state index is 0.915. The Balaban J connectivity index is 2.12. The number of nitrogens with one attached hydrogen (secondary N) is 2. The Morgan fingerprint density at radius 3 is 2.38 bits per heavy atom. The summed E-state index contributed by atoms with van der Waals surface area (Å²) in [5.74, 6) is 0.915. The number of hydrogen-bond donors (Lipinski definition) is 2. The van der Waals surface area contributed by atoms with Crippen molar-refractivity contribution >= 4 is 0 Å². The number of hydrogen-bond acceptors (Lipinski definition) is 3. The fourth-order valence-corrected chi connectivity index (χ4v) is 1.53. The van der Waals surface area contributed by atoms with Gasteiger partial charge in [0.15, 0.2) is 0 Å². The van der Waals surface area contributed by atoms with Gasteiger partial charge in [-0.2, -0.15) is 0 Å². The molecule has 0 radical (unpaired) electrons. The van der Waals surface area contributed by atoms with Crippen LogP contribution in [0.3, 0.4) is 0 Å². The highest BCUT2D eigenvalue weighted by Crippen LogP contribution is 2.10. The molecular weight excluding hydrogens is 200 g/mol. The minimum Gasteiger partial charge on any atom is -0.497 e. The fourth-order valence-electron chi connectivity index (χ4n) is 1.53. The van der Waals surface area contributed by atoms with Crippen LogP contribution >= 0.6 is 0 Å². The third-order valence-electron chi connectivity index (χ3n) is 2.52. The molecule has 0 amide bonds. The molecule has 0 saturated heterocycles. The first kappa shape index (κ1) is 13.0. The molecule has 0 atom stereocenters. The second-order valence-electron chi connectivity index (χ2n) is 3.84. The molecule has 0 aromatic heterocycles. The van der Waals surface area contributed by atoms with Crippen LogP contribution in [-0.4, -0.2) is 27.2 Å². The summed E-state index contributed by atoms with van der Waals surface area (Å²) in [6.45, 7) is 3.11. The van der Waals surface area contributed by atoms with Crippen LogP contribution in [0.25, 0.3) is 0 Å². The second-order valence-corrected chi connectivity index (χ2v) is 3.84. The lowest BCUT2D eigenvalue weighted by molar-refractivity contribution is 0.414. The molecule has 0 aliphatic carbocycles. The highest BCUT2D eigenvalue weighted by molar-refractivity contribution is 5.26. The first-order chi connectivity index (χ1) is 7.86. The average Bonchev–Trinajstić information content (AvgIpc) is 2.34. The Morgan fingerprint density at radius 2 is 1.75 bits per heavy atom. The van der Waals surface area contributed by atoms with Gasteiger partial charge in [0.25, 0.3) is 0 Å². The predicted octanol–water partition coefficient (Wildman–Crippen LogP) is 1.78. The van der Waals surface area contributed by atoms with Crippen molar-refractivity contribution in [2.75, 3.05) is 27.2 Å². The molecule has 90 valence electrons. The largest absolute Gasteiger partial charge is 0.497 e. The molecular formula is C13H22N2O. The van der Waals surface area contributed by atoms with Crippen molar-refractivity contribution in [2.45, 2.75) is 19.4 Å². The molecule has 2 N–H and O–H groups in total. The molecule has 3 nitrogen and oxygen atoms in total. The second kappa shape index (κ2) is 8.13. The molecule has 1 rings (SSSR count). The van der Waals surface area contributed by atoms with Gasteiger partial charge in [0.1, 0.15) is 5.75 Å². The van der Waals surface area contributed by atoms with Crippen LogP contribution in [0.2, 0.25) is 0 Å². The topological polar surface area (TPSA) is 33.3 Å². The lowest BCUT2D eigenvalue weighted by atomic mass is 10.2. The van der Waals surface area contributed by atoms with Crippen molar-refractivity contribution in [1.82, 2.24) is 10.6 Å². The van der Waals surface area contributed by atoms with Gasteiger partial charge >= 0.3 is 0 Å². The van der Waals surface area contributed by atoms with Crippen molar-refractivity contribution < 1.29 is 4.74 Å². The number of ether oxygens (including phenoxy) is 1. The highest BCUT2D eigenvalue weighted by atomic mass is 16.5. The van der Waals surface area contributed by atoms with Crippen LogP contribution in [0.1, 0.15) is 18.4 Å². The maximum Gasteiger partial charge on any atom is 0.118 e. The van der Waals surface area contributed by atoms with E-state index < -0.39 is 0 Å². The molecule has 0 heterocycles. The summed E-state index contributed by atoms with van der Waals surface area (Å²) >= 11 is 0. The van der Waals surface area contributed by atoms with Gasteiger partial charge in [0.2, 0.25) is 0 Å². The van der Waals surface area contributed by atoms with E-state index >= 15 is 0 Å². The Hall–Kier alpha value is -1.06. The summed E-state index contributed by atoms with van der Waals surface area (Å²) < 4.78 is 5.11. The zero-order chi connectivity index (χ0) is 11.6. The maximum atomic E-state index is 5.11. The molecule has 1 aromatic carbocycles. The number of benzene rings is 1. The Kier molecular flexibility index (Phi) is 6.61. The van der Waals surface area contributed by atoms with E-state index in [-0.39, 0.29) is 0 Å². The number of rotatable bonds is 8. The van der Waals surface area contributed by atoms with Crippen LogP contribution in [0.5, 0.6) is 5.75 Å². The van der Waals surface area contributed by atoms with Gasteiger partial charge in [0, 0.05) is 6.54 Å². The van der Waals surface area contributed by atoms with E-state index in [2.05, 4.69) is 22.8 Å². The van der Waals surface area contributed by atoms with E-state index in [4.69, 9.17) is 4.74 Å². The third-order valence-corrected chi connectivity index (χ3v) is 2.52. The van der Waals surface area contributed by atoms with Crippen molar-refractivity contribution in [1.29, 1.82) is 0 Å². The Bertz CT molecular complexity index is 272. The van der Waals surface area contributed by atoms with Crippen molar-refractivity contribution in [3.05, 3.63) is 29.8 Å². The molecule has 0 fully saturated rings. The summed E-state index contributed by atoms with van der Waals surface area (Å²) in [6.07, 6.45) is 2.45. The van der Waals surface area contributed by atoms with Gasteiger partial charge in [-0.3, -0.25) is 0 Å². The zero-order valence-corrected chi connectivity index (χ0v) is 10.3. The van der Waals surface area contributed by atoms with Crippen LogP contribution in [0, 0.1) is 0 Å². The lowest BCUT2D eigenvalue weighted by Gasteiger charge is -2.05. The van der Waals surface area contributed by atoms with Crippen molar-refractivity contribution in [2.24, 2.45) is 0 Å². The summed E-state index contributed by atoms with van der Waals surface area (Å²) in [5.41, 5.74) is 1.30. The molecule has 1 aromatic rings. The molecule has 0 unspecified atom stereocenters. The van der Waals surface area contributed by atoms with Crippen LogP contribution in [0.15, 0.2) is 24.3 Å². The quantitative estimate of drug-likeness (QED) is 0.658. The Morgan fingerprint density at radius 1 is 1.06 bits per heavy atom. The monoisotopic (exact) mass is 222 g/mol. The average molecular weight is 222 g/mol. The lowest BCUT2D eigenvalue weighted by Crippen LogP contribution is -2.16. The summed E-state index contributed by atoms with van der Waals surface area (Å²) in [7, 11) is 3.68. The summed E-state index contributed by atoms with van der Waals surface area (Å²) in [5, 5.41) is 6.58. The van der Waals surface area contributed by atoms with Crippen LogP contribution < -0.4 is 15.4 Å². The third kappa shape index (κ3) is 5.14. The molecule has 0 aliphatic heterocycles. The first-order valence-corrected chi connectivity index (χ1v) is 5.85. The van der Waals surface area contributed by atoms with Gasteiger partial charge in [-0.05, 0) is 50.7 Å². The van der Waals surface area contributed by atoms with Crippen LogP contribution in [-0.2, 0) is 6.54 Å². The van der Waals surface area contributed by atoms with Crippen LogP contribution in [0.4, 0.5) is 0 Å².